The topological polar surface area (TPSA) is 35.2 Å². The first-order valence-corrected chi connectivity index (χ1v) is 6.80. The summed E-state index contributed by atoms with van der Waals surface area (Å²) in [4.78, 5) is 0. The van der Waals surface area contributed by atoms with Crippen LogP contribution in [0.5, 0.6) is 5.75 Å². The zero-order valence-corrected chi connectivity index (χ0v) is 11.8. The van der Waals surface area contributed by atoms with E-state index in [1.165, 1.54) is 17.7 Å². The highest BCUT2D eigenvalue weighted by Crippen LogP contribution is 2.21. The Hall–Kier alpha value is -1.87. The third kappa shape index (κ3) is 3.81. The molecule has 2 rings (SSSR count). The third-order valence-corrected chi connectivity index (χ3v) is 3.25. The maximum Gasteiger partial charge on any atom is 0.123 e. The molecule has 1 atom stereocenters. The van der Waals surface area contributed by atoms with Gasteiger partial charge >= 0.3 is 0 Å². The number of nitrogens with two attached hydrogens (primary N) is 1. The fraction of sp³-hybridized carbons (Fsp3) is 0.294. The minimum Gasteiger partial charge on any atom is -0.492 e. The maximum atomic E-state index is 12.8. The standard InChI is InChI=1S/C17H20FNO/c1-12(2)14-4-3-5-16(10-14)20-11-17(19)13-6-8-15(18)9-7-13/h3-10,12,17H,11,19H2,1-2H3. The third-order valence-electron chi connectivity index (χ3n) is 3.25. The zero-order valence-electron chi connectivity index (χ0n) is 11.8. The molecule has 0 saturated carbocycles. The Bertz CT molecular complexity index is 551. The van der Waals surface area contributed by atoms with Crippen LogP contribution >= 0.6 is 0 Å². The second kappa shape index (κ2) is 6.53. The number of rotatable bonds is 5. The van der Waals surface area contributed by atoms with Crippen LogP contribution in [0.1, 0.15) is 36.9 Å². The van der Waals surface area contributed by atoms with E-state index in [0.29, 0.717) is 12.5 Å². The van der Waals surface area contributed by atoms with Crippen LogP contribution in [0.3, 0.4) is 0 Å². The average Bonchev–Trinajstić information content (AvgIpc) is 2.46. The minimum absolute atomic E-state index is 0.258. The van der Waals surface area contributed by atoms with Gasteiger partial charge in [0.05, 0.1) is 6.04 Å². The number of hydrogen-bond donors (Lipinski definition) is 1. The summed E-state index contributed by atoms with van der Waals surface area (Å²) in [5, 5.41) is 0. The maximum absolute atomic E-state index is 12.8. The molecule has 20 heavy (non-hydrogen) atoms. The van der Waals surface area contributed by atoms with Crippen molar-refractivity contribution in [1.82, 2.24) is 0 Å². The average molecular weight is 273 g/mol. The number of benzene rings is 2. The molecule has 0 aliphatic heterocycles. The van der Waals surface area contributed by atoms with Crippen LogP contribution in [0.15, 0.2) is 48.5 Å². The van der Waals surface area contributed by atoms with Gasteiger partial charge in [0.25, 0.3) is 0 Å². The van der Waals surface area contributed by atoms with Crippen LogP contribution in [0.4, 0.5) is 4.39 Å². The lowest BCUT2D eigenvalue weighted by Gasteiger charge is -2.15. The van der Waals surface area contributed by atoms with Gasteiger partial charge in [-0.2, -0.15) is 0 Å². The van der Waals surface area contributed by atoms with E-state index in [9.17, 15) is 4.39 Å². The Balaban J connectivity index is 1.97. The van der Waals surface area contributed by atoms with Crippen LogP contribution in [-0.4, -0.2) is 6.61 Å². The van der Waals surface area contributed by atoms with Gasteiger partial charge in [0.15, 0.2) is 0 Å². The van der Waals surface area contributed by atoms with Crippen molar-refractivity contribution < 1.29 is 9.13 Å². The summed E-state index contributed by atoms with van der Waals surface area (Å²) >= 11 is 0. The zero-order chi connectivity index (χ0) is 14.5. The van der Waals surface area contributed by atoms with Gasteiger partial charge in [0, 0.05) is 0 Å². The minimum atomic E-state index is -0.265. The highest BCUT2D eigenvalue weighted by molar-refractivity contribution is 5.30. The van der Waals surface area contributed by atoms with E-state index in [2.05, 4.69) is 19.9 Å². The smallest absolute Gasteiger partial charge is 0.123 e. The molecule has 0 fully saturated rings. The largest absolute Gasteiger partial charge is 0.492 e. The highest BCUT2D eigenvalue weighted by atomic mass is 19.1. The predicted octanol–water partition coefficient (Wildman–Crippen LogP) is 4.03. The molecule has 2 aromatic carbocycles. The van der Waals surface area contributed by atoms with Gasteiger partial charge < -0.3 is 10.5 Å². The summed E-state index contributed by atoms with van der Waals surface area (Å²) in [6, 6.07) is 13.9. The molecule has 2 aromatic rings. The van der Waals surface area contributed by atoms with Crippen LogP contribution in [0.2, 0.25) is 0 Å². The van der Waals surface area contributed by atoms with E-state index in [1.54, 1.807) is 12.1 Å². The molecule has 0 heterocycles. The van der Waals surface area contributed by atoms with Gasteiger partial charge in [-0.05, 0) is 41.3 Å². The second-order valence-corrected chi connectivity index (χ2v) is 5.20. The van der Waals surface area contributed by atoms with E-state index >= 15 is 0 Å². The Kier molecular flexibility index (Phi) is 4.74. The molecule has 0 aromatic heterocycles. The summed E-state index contributed by atoms with van der Waals surface area (Å²) in [5.74, 6) is 1.02. The fourth-order valence-electron chi connectivity index (χ4n) is 1.96. The first kappa shape index (κ1) is 14.5. The van der Waals surface area contributed by atoms with Crippen molar-refractivity contribution >= 4 is 0 Å². The Morgan fingerprint density at radius 2 is 1.75 bits per heavy atom. The lowest BCUT2D eigenvalue weighted by Crippen LogP contribution is -2.19. The van der Waals surface area contributed by atoms with Crippen LogP contribution in [0.25, 0.3) is 0 Å². The molecule has 2 nitrogen and oxygen atoms in total. The molecule has 0 spiro atoms. The molecule has 0 radical (unpaired) electrons. The second-order valence-electron chi connectivity index (χ2n) is 5.20. The number of ether oxygens (including phenoxy) is 1. The predicted molar refractivity (Wildman–Crippen MR) is 79.4 cm³/mol. The van der Waals surface area contributed by atoms with E-state index in [4.69, 9.17) is 10.5 Å². The number of halogens is 1. The van der Waals surface area contributed by atoms with Gasteiger partial charge in [-0.25, -0.2) is 4.39 Å². The quantitative estimate of drug-likeness (QED) is 0.892. The number of hydrogen-bond acceptors (Lipinski definition) is 2. The van der Waals surface area contributed by atoms with Crippen molar-refractivity contribution in [2.75, 3.05) is 6.61 Å². The molecule has 0 bridgehead atoms. The highest BCUT2D eigenvalue weighted by Gasteiger charge is 2.08. The van der Waals surface area contributed by atoms with Crippen molar-refractivity contribution in [1.29, 1.82) is 0 Å². The van der Waals surface area contributed by atoms with Gasteiger partial charge in [-0.3, -0.25) is 0 Å². The first-order chi connectivity index (χ1) is 9.56. The molecule has 0 amide bonds. The van der Waals surface area contributed by atoms with Gasteiger partial charge in [0.1, 0.15) is 18.2 Å². The lowest BCUT2D eigenvalue weighted by molar-refractivity contribution is 0.290. The molecule has 106 valence electrons. The summed E-state index contributed by atoms with van der Waals surface area (Å²) in [5.41, 5.74) is 8.14. The Labute approximate surface area is 119 Å². The molecular formula is C17H20FNO. The summed E-state index contributed by atoms with van der Waals surface area (Å²) in [7, 11) is 0. The molecular weight excluding hydrogens is 253 g/mol. The SMILES string of the molecule is CC(C)c1cccc(OCC(N)c2ccc(F)cc2)c1. The Morgan fingerprint density at radius 3 is 2.40 bits per heavy atom. The van der Waals surface area contributed by atoms with Gasteiger partial charge in [0.2, 0.25) is 0 Å². The molecule has 3 heteroatoms. The summed E-state index contributed by atoms with van der Waals surface area (Å²) in [6.45, 7) is 4.65. The van der Waals surface area contributed by atoms with Gasteiger partial charge in [-0.15, -0.1) is 0 Å². The Morgan fingerprint density at radius 1 is 1.05 bits per heavy atom. The summed E-state index contributed by atoms with van der Waals surface area (Å²) < 4.78 is 18.6. The summed E-state index contributed by atoms with van der Waals surface area (Å²) in [6.07, 6.45) is 0. The van der Waals surface area contributed by atoms with Crippen LogP contribution in [-0.2, 0) is 0 Å². The van der Waals surface area contributed by atoms with Crippen LogP contribution < -0.4 is 10.5 Å². The van der Waals surface area contributed by atoms with E-state index < -0.39 is 0 Å². The molecule has 1 unspecified atom stereocenters. The van der Waals surface area contributed by atoms with E-state index in [0.717, 1.165) is 11.3 Å². The normalized spacial score (nSPS) is 12.4. The fourth-order valence-corrected chi connectivity index (χ4v) is 1.96. The van der Waals surface area contributed by atoms with E-state index in [-0.39, 0.29) is 11.9 Å². The first-order valence-electron chi connectivity index (χ1n) is 6.80. The molecule has 2 N–H and O–H groups in total. The van der Waals surface area contributed by atoms with Crippen molar-refractivity contribution in [3.8, 4) is 5.75 Å². The van der Waals surface area contributed by atoms with Crippen molar-refractivity contribution in [3.05, 3.63) is 65.5 Å². The van der Waals surface area contributed by atoms with Crippen LogP contribution in [0, 0.1) is 5.82 Å². The van der Waals surface area contributed by atoms with Crippen molar-refractivity contribution in [3.63, 3.8) is 0 Å². The lowest BCUT2D eigenvalue weighted by atomic mass is 10.0. The molecule has 0 saturated heterocycles. The van der Waals surface area contributed by atoms with Gasteiger partial charge in [-0.1, -0.05) is 38.1 Å². The molecule has 0 aliphatic rings. The van der Waals surface area contributed by atoms with Crippen molar-refractivity contribution in [2.45, 2.75) is 25.8 Å². The van der Waals surface area contributed by atoms with Crippen molar-refractivity contribution in [2.24, 2.45) is 5.73 Å². The monoisotopic (exact) mass is 273 g/mol. The molecule has 0 aliphatic carbocycles. The van der Waals surface area contributed by atoms with E-state index in [1.807, 2.05) is 18.2 Å².